The van der Waals surface area contributed by atoms with Gasteiger partial charge in [0.1, 0.15) is 0 Å². The Morgan fingerprint density at radius 2 is 1.71 bits per heavy atom. The van der Waals surface area contributed by atoms with Gasteiger partial charge in [0.2, 0.25) is 0 Å². The monoisotopic (exact) mass is 99.1 g/mol. The molecule has 1 nitrogen and oxygen atoms in total. The van der Waals surface area contributed by atoms with Crippen LogP contribution in [0.4, 0.5) is 0 Å². The first-order chi connectivity index (χ1) is 3.13. The minimum Gasteiger partial charge on any atom is -0.312 e. The van der Waals surface area contributed by atoms with Crippen LogP contribution >= 0.6 is 0 Å². The predicted octanol–water partition coefficient (Wildman–Crippen LogP) is 1.08. The van der Waals surface area contributed by atoms with Gasteiger partial charge in [0.25, 0.3) is 0 Å². The third-order valence-corrected chi connectivity index (χ3v) is 0.596. The molecule has 0 amide bonds. The average Bonchev–Trinajstić information content (AvgIpc) is 1.27. The Morgan fingerprint density at radius 1 is 1.29 bits per heavy atom. The summed E-state index contributed by atoms with van der Waals surface area (Å²) in [4.78, 5) is 0. The molecule has 0 bridgehead atoms. The van der Waals surface area contributed by atoms with Crippen LogP contribution in [-0.4, -0.2) is 12.1 Å². The highest BCUT2D eigenvalue weighted by Crippen LogP contribution is 1.80. The van der Waals surface area contributed by atoms with Gasteiger partial charge in [-0.2, -0.15) is 0 Å². The van der Waals surface area contributed by atoms with Crippen molar-refractivity contribution in [2.75, 3.05) is 0 Å². The van der Waals surface area contributed by atoms with Crippen LogP contribution < -0.4 is 5.32 Å². The second-order valence-electron chi connectivity index (χ2n) is 2.11. The molecule has 0 heterocycles. The maximum atomic E-state index is 5.38. The quantitative estimate of drug-likeness (QED) is 0.546. The molecule has 1 atom stereocenters. The SMILES string of the molecule is [CH]C(C)NC(C)C. The summed E-state index contributed by atoms with van der Waals surface area (Å²) in [6, 6.07) is 0.625. The molecule has 0 aromatic carbocycles. The third-order valence-electron chi connectivity index (χ3n) is 0.596. The van der Waals surface area contributed by atoms with Crippen molar-refractivity contribution >= 4 is 0 Å². The zero-order valence-corrected chi connectivity index (χ0v) is 5.23. The molecule has 0 fully saturated rings. The molecule has 2 radical (unpaired) electrons. The van der Waals surface area contributed by atoms with E-state index >= 15 is 0 Å². The van der Waals surface area contributed by atoms with Crippen LogP contribution in [0.1, 0.15) is 20.8 Å². The fourth-order valence-corrected chi connectivity index (χ4v) is 0.526. The molecule has 42 valence electrons. The van der Waals surface area contributed by atoms with Gasteiger partial charge in [-0.1, -0.05) is 13.8 Å². The summed E-state index contributed by atoms with van der Waals surface area (Å²) >= 11 is 0. The van der Waals surface area contributed by atoms with Crippen LogP contribution in [0.25, 0.3) is 0 Å². The van der Waals surface area contributed by atoms with Gasteiger partial charge in [-0.15, -0.1) is 0 Å². The van der Waals surface area contributed by atoms with E-state index in [9.17, 15) is 0 Å². The second-order valence-corrected chi connectivity index (χ2v) is 2.11. The summed E-state index contributed by atoms with van der Waals surface area (Å²) in [6.45, 7) is 11.5. The Labute approximate surface area is 46.1 Å². The Hall–Kier alpha value is -0.0400. The summed E-state index contributed by atoms with van der Waals surface area (Å²) < 4.78 is 0. The van der Waals surface area contributed by atoms with Gasteiger partial charge in [0, 0.05) is 12.1 Å². The standard InChI is InChI=1S/C6H13N/c1-5(2)7-6(3)4/h1,5-7H,2-4H3. The van der Waals surface area contributed by atoms with Crippen molar-refractivity contribution in [3.8, 4) is 0 Å². The van der Waals surface area contributed by atoms with Crippen LogP contribution in [0.15, 0.2) is 0 Å². The van der Waals surface area contributed by atoms with Crippen molar-refractivity contribution in [2.24, 2.45) is 0 Å². The van der Waals surface area contributed by atoms with E-state index in [2.05, 4.69) is 19.2 Å². The third kappa shape index (κ3) is 5.96. The van der Waals surface area contributed by atoms with E-state index in [4.69, 9.17) is 6.92 Å². The van der Waals surface area contributed by atoms with Crippen molar-refractivity contribution in [2.45, 2.75) is 32.9 Å². The maximum absolute atomic E-state index is 5.38. The lowest BCUT2D eigenvalue weighted by molar-refractivity contribution is 0.547. The highest BCUT2D eigenvalue weighted by atomic mass is 14.9. The minimum absolute atomic E-state index is 0.125. The van der Waals surface area contributed by atoms with E-state index in [1.165, 1.54) is 0 Å². The molecule has 0 aliphatic rings. The largest absolute Gasteiger partial charge is 0.312 e. The van der Waals surface area contributed by atoms with Crippen LogP contribution in [0.2, 0.25) is 0 Å². The lowest BCUT2D eigenvalue weighted by Gasteiger charge is -2.09. The molecule has 0 rings (SSSR count). The van der Waals surface area contributed by atoms with Gasteiger partial charge < -0.3 is 5.32 Å². The first kappa shape index (κ1) is 6.96. The van der Waals surface area contributed by atoms with Crippen molar-refractivity contribution < 1.29 is 0 Å². The highest BCUT2D eigenvalue weighted by molar-refractivity contribution is 4.63. The van der Waals surface area contributed by atoms with Crippen molar-refractivity contribution in [1.82, 2.24) is 5.32 Å². The number of hydrogen-bond donors (Lipinski definition) is 1. The highest BCUT2D eigenvalue weighted by Gasteiger charge is 1.92. The lowest BCUT2D eigenvalue weighted by atomic mass is 10.3. The molecule has 0 aromatic heterocycles. The van der Waals surface area contributed by atoms with Gasteiger partial charge in [-0.3, -0.25) is 0 Å². The van der Waals surface area contributed by atoms with E-state index in [-0.39, 0.29) is 6.04 Å². The first-order valence-electron chi connectivity index (χ1n) is 2.64. The molecule has 0 aromatic rings. The van der Waals surface area contributed by atoms with Gasteiger partial charge in [-0.25, -0.2) is 0 Å². The summed E-state index contributed by atoms with van der Waals surface area (Å²) in [5, 5.41) is 3.08. The van der Waals surface area contributed by atoms with Gasteiger partial charge in [0.05, 0.1) is 0 Å². The fraction of sp³-hybridized carbons (Fsp3) is 0.833. The topological polar surface area (TPSA) is 12.0 Å². The van der Waals surface area contributed by atoms with Crippen LogP contribution in [-0.2, 0) is 0 Å². The lowest BCUT2D eigenvalue weighted by Crippen LogP contribution is -2.29. The number of rotatable bonds is 2. The van der Waals surface area contributed by atoms with E-state index < -0.39 is 0 Å². The van der Waals surface area contributed by atoms with Crippen molar-refractivity contribution in [1.29, 1.82) is 0 Å². The van der Waals surface area contributed by atoms with Crippen LogP contribution in [0.3, 0.4) is 0 Å². The zero-order chi connectivity index (χ0) is 5.86. The molecule has 0 saturated heterocycles. The predicted molar refractivity (Wildman–Crippen MR) is 32.0 cm³/mol. The summed E-state index contributed by atoms with van der Waals surface area (Å²) in [7, 11) is 0. The Bertz CT molecular complexity index is 33.4. The first-order valence-corrected chi connectivity index (χ1v) is 2.64. The van der Waals surface area contributed by atoms with Gasteiger partial charge in [0.15, 0.2) is 0 Å². The molecule has 1 unspecified atom stereocenters. The average molecular weight is 99.2 g/mol. The number of hydrogen-bond acceptors (Lipinski definition) is 1. The summed E-state index contributed by atoms with van der Waals surface area (Å²) in [5.41, 5.74) is 0. The molecule has 0 aliphatic heterocycles. The molecular weight excluding hydrogens is 86.1 g/mol. The maximum Gasteiger partial charge on any atom is 0.00760 e. The van der Waals surface area contributed by atoms with Gasteiger partial charge >= 0.3 is 0 Å². The molecule has 7 heavy (non-hydrogen) atoms. The smallest absolute Gasteiger partial charge is 0.00760 e. The molecule has 0 aliphatic carbocycles. The van der Waals surface area contributed by atoms with Crippen molar-refractivity contribution in [3.05, 3.63) is 6.92 Å². The van der Waals surface area contributed by atoms with Gasteiger partial charge in [-0.05, 0) is 13.8 Å². The second kappa shape index (κ2) is 3.03. The van der Waals surface area contributed by atoms with Crippen LogP contribution in [0.5, 0.6) is 0 Å². The fourth-order valence-electron chi connectivity index (χ4n) is 0.526. The Kier molecular flexibility index (Phi) is 3.01. The number of nitrogens with one attached hydrogen (secondary N) is 1. The molecule has 0 spiro atoms. The zero-order valence-electron chi connectivity index (χ0n) is 5.23. The molecule has 1 N–H and O–H groups in total. The summed E-state index contributed by atoms with van der Waals surface area (Å²) in [6.07, 6.45) is 0. The minimum atomic E-state index is 0.125. The van der Waals surface area contributed by atoms with E-state index in [0.717, 1.165) is 0 Å². The van der Waals surface area contributed by atoms with Crippen molar-refractivity contribution in [3.63, 3.8) is 0 Å². The van der Waals surface area contributed by atoms with E-state index in [1.807, 2.05) is 6.92 Å². The van der Waals surface area contributed by atoms with E-state index in [1.54, 1.807) is 0 Å². The Balaban J connectivity index is 2.95. The van der Waals surface area contributed by atoms with E-state index in [0.29, 0.717) is 6.04 Å². The summed E-state index contributed by atoms with van der Waals surface area (Å²) in [5.74, 6) is 0. The Morgan fingerprint density at radius 3 is 1.71 bits per heavy atom. The molecule has 0 saturated carbocycles. The normalized spacial score (nSPS) is 11.1. The molecule has 1 heteroatoms. The van der Waals surface area contributed by atoms with Crippen LogP contribution in [0, 0.1) is 6.92 Å². The molecular formula is C6H13N.